The minimum atomic E-state index is -4.74. The summed E-state index contributed by atoms with van der Waals surface area (Å²) in [7, 11) is 0. The minimum absolute atomic E-state index is 0.0617. The largest absolute Gasteiger partial charge is 0.573 e. The third kappa shape index (κ3) is 3.74. The number of rotatable bonds is 3. The maximum atomic E-state index is 12.0. The van der Waals surface area contributed by atoms with Crippen molar-refractivity contribution in [3.05, 3.63) is 46.4 Å². The number of hydrogen-bond donors (Lipinski definition) is 1. The van der Waals surface area contributed by atoms with E-state index in [9.17, 15) is 18.0 Å². The van der Waals surface area contributed by atoms with Gasteiger partial charge in [0.05, 0.1) is 11.6 Å². The Kier molecular flexibility index (Phi) is 3.99. The predicted molar refractivity (Wildman–Crippen MR) is 66.5 cm³/mol. The van der Waals surface area contributed by atoms with Crippen LogP contribution >= 0.6 is 11.6 Å². The molecular formula is C12H8ClF3N2O2. The molecule has 0 fully saturated rings. The Morgan fingerprint density at radius 3 is 2.45 bits per heavy atom. The maximum Gasteiger partial charge on any atom is 0.573 e. The molecule has 2 rings (SSSR count). The van der Waals surface area contributed by atoms with E-state index in [0.717, 1.165) is 12.1 Å². The van der Waals surface area contributed by atoms with Crippen LogP contribution in [-0.2, 0) is 5.88 Å². The van der Waals surface area contributed by atoms with Crippen LogP contribution in [0.15, 0.2) is 35.1 Å². The van der Waals surface area contributed by atoms with Crippen LogP contribution in [0.1, 0.15) is 5.69 Å². The van der Waals surface area contributed by atoms with Crippen molar-refractivity contribution in [3.8, 4) is 17.1 Å². The fourth-order valence-electron chi connectivity index (χ4n) is 1.53. The molecular weight excluding hydrogens is 297 g/mol. The molecule has 0 bridgehead atoms. The lowest BCUT2D eigenvalue weighted by atomic mass is 10.2. The third-order valence-corrected chi connectivity index (χ3v) is 2.57. The van der Waals surface area contributed by atoms with Crippen LogP contribution in [-0.4, -0.2) is 16.3 Å². The summed E-state index contributed by atoms with van der Waals surface area (Å²) < 4.78 is 39.8. The molecule has 0 aliphatic heterocycles. The molecule has 20 heavy (non-hydrogen) atoms. The van der Waals surface area contributed by atoms with Crippen molar-refractivity contribution in [2.45, 2.75) is 12.2 Å². The van der Waals surface area contributed by atoms with Gasteiger partial charge in [-0.2, -0.15) is 0 Å². The number of halogens is 4. The Morgan fingerprint density at radius 2 is 1.90 bits per heavy atom. The van der Waals surface area contributed by atoms with Gasteiger partial charge in [0.15, 0.2) is 0 Å². The number of aromatic nitrogens is 2. The minimum Gasteiger partial charge on any atom is -0.406 e. The topological polar surface area (TPSA) is 55.0 Å². The first-order valence-electron chi connectivity index (χ1n) is 5.40. The van der Waals surface area contributed by atoms with Crippen LogP contribution in [0.5, 0.6) is 5.75 Å². The predicted octanol–water partition coefficient (Wildman–Crippen LogP) is 3.07. The fraction of sp³-hybridized carbons (Fsp3) is 0.167. The molecule has 0 aliphatic carbocycles. The average molecular weight is 305 g/mol. The first-order chi connectivity index (χ1) is 9.37. The summed E-state index contributed by atoms with van der Waals surface area (Å²) in [5.74, 6) is -0.0598. The highest BCUT2D eigenvalue weighted by molar-refractivity contribution is 6.16. The van der Waals surface area contributed by atoms with Gasteiger partial charge in [-0.3, -0.25) is 4.79 Å². The van der Waals surface area contributed by atoms with Crippen LogP contribution < -0.4 is 10.3 Å². The van der Waals surface area contributed by atoms with Crippen LogP contribution in [0.4, 0.5) is 13.2 Å². The lowest BCUT2D eigenvalue weighted by molar-refractivity contribution is -0.274. The zero-order chi connectivity index (χ0) is 14.8. The molecule has 1 N–H and O–H groups in total. The molecule has 2 aromatic rings. The van der Waals surface area contributed by atoms with Gasteiger partial charge in [0.1, 0.15) is 11.6 Å². The highest BCUT2D eigenvalue weighted by atomic mass is 35.5. The molecule has 0 atom stereocenters. The van der Waals surface area contributed by atoms with Gasteiger partial charge in [-0.05, 0) is 24.3 Å². The first-order valence-corrected chi connectivity index (χ1v) is 5.93. The van der Waals surface area contributed by atoms with E-state index in [0.29, 0.717) is 11.3 Å². The van der Waals surface area contributed by atoms with Crippen molar-refractivity contribution in [1.29, 1.82) is 0 Å². The van der Waals surface area contributed by atoms with Crippen molar-refractivity contribution in [2.75, 3.05) is 0 Å². The van der Waals surface area contributed by atoms with Gasteiger partial charge in [0.25, 0.3) is 5.56 Å². The highest BCUT2D eigenvalue weighted by Crippen LogP contribution is 2.24. The summed E-state index contributed by atoms with van der Waals surface area (Å²) in [6.45, 7) is 0. The molecule has 0 spiro atoms. The summed E-state index contributed by atoms with van der Waals surface area (Å²) in [6.07, 6.45) is -4.74. The molecule has 4 nitrogen and oxygen atoms in total. The van der Waals surface area contributed by atoms with Gasteiger partial charge >= 0.3 is 6.36 Å². The zero-order valence-corrected chi connectivity index (χ0v) is 10.6. The van der Waals surface area contributed by atoms with Crippen molar-refractivity contribution < 1.29 is 17.9 Å². The fourth-order valence-corrected chi connectivity index (χ4v) is 1.66. The van der Waals surface area contributed by atoms with E-state index in [2.05, 4.69) is 14.7 Å². The second-order valence-corrected chi connectivity index (χ2v) is 4.06. The molecule has 8 heteroatoms. The first kappa shape index (κ1) is 14.4. The molecule has 0 saturated heterocycles. The lowest BCUT2D eigenvalue weighted by Gasteiger charge is -2.09. The molecule has 0 amide bonds. The Hall–Kier alpha value is -2.02. The molecule has 1 aromatic heterocycles. The molecule has 0 aliphatic rings. The Labute approximate surface area is 116 Å². The van der Waals surface area contributed by atoms with Gasteiger partial charge in [-0.1, -0.05) is 0 Å². The number of H-pyrrole nitrogens is 1. The number of hydrogen-bond acceptors (Lipinski definition) is 3. The molecule has 1 aromatic carbocycles. The molecule has 1 heterocycles. The third-order valence-electron chi connectivity index (χ3n) is 2.29. The van der Waals surface area contributed by atoms with E-state index in [4.69, 9.17) is 11.6 Å². The zero-order valence-electron chi connectivity index (χ0n) is 9.87. The van der Waals surface area contributed by atoms with Crippen molar-refractivity contribution >= 4 is 11.6 Å². The van der Waals surface area contributed by atoms with Gasteiger partial charge in [-0.15, -0.1) is 24.8 Å². The van der Waals surface area contributed by atoms with Crippen LogP contribution in [0.25, 0.3) is 11.4 Å². The number of nitrogens with zero attached hydrogens (tertiary/aromatic N) is 1. The molecule has 0 unspecified atom stereocenters. The number of aromatic amines is 1. The van der Waals surface area contributed by atoms with Crippen LogP contribution in [0, 0.1) is 0 Å². The van der Waals surface area contributed by atoms with E-state index in [1.54, 1.807) is 0 Å². The van der Waals surface area contributed by atoms with E-state index in [1.165, 1.54) is 18.2 Å². The summed E-state index contributed by atoms with van der Waals surface area (Å²) in [6, 6.07) is 6.23. The molecule has 0 radical (unpaired) electrons. The van der Waals surface area contributed by atoms with Gasteiger partial charge in [0.2, 0.25) is 0 Å². The second-order valence-electron chi connectivity index (χ2n) is 3.79. The highest BCUT2D eigenvalue weighted by Gasteiger charge is 2.30. The van der Waals surface area contributed by atoms with Crippen molar-refractivity contribution in [3.63, 3.8) is 0 Å². The number of nitrogens with one attached hydrogen (secondary N) is 1. The summed E-state index contributed by atoms with van der Waals surface area (Å²) in [4.78, 5) is 17.9. The molecule has 106 valence electrons. The number of ether oxygens (including phenoxy) is 1. The Balaban J connectivity index is 2.30. The number of alkyl halides is 4. The average Bonchev–Trinajstić information content (AvgIpc) is 2.37. The van der Waals surface area contributed by atoms with E-state index in [-0.39, 0.29) is 23.0 Å². The standard InChI is InChI=1S/C12H8ClF3N2O2/c13-6-8-5-10(19)18-11(17-8)7-1-3-9(4-2-7)20-12(14,15)16/h1-5H,6H2,(H,17,18,19). The monoisotopic (exact) mass is 304 g/mol. The van der Waals surface area contributed by atoms with E-state index >= 15 is 0 Å². The SMILES string of the molecule is O=c1cc(CCl)nc(-c2ccc(OC(F)(F)F)cc2)[nH]1. The lowest BCUT2D eigenvalue weighted by Crippen LogP contribution is -2.17. The maximum absolute atomic E-state index is 12.0. The van der Waals surface area contributed by atoms with Crippen molar-refractivity contribution in [1.82, 2.24) is 9.97 Å². The van der Waals surface area contributed by atoms with E-state index < -0.39 is 6.36 Å². The smallest absolute Gasteiger partial charge is 0.406 e. The number of benzene rings is 1. The summed E-state index contributed by atoms with van der Waals surface area (Å²) in [5, 5.41) is 0. The van der Waals surface area contributed by atoms with Crippen LogP contribution in [0.2, 0.25) is 0 Å². The summed E-state index contributed by atoms with van der Waals surface area (Å²) in [5.41, 5.74) is 0.436. The van der Waals surface area contributed by atoms with Gasteiger partial charge in [0, 0.05) is 11.6 Å². The summed E-state index contributed by atoms with van der Waals surface area (Å²) >= 11 is 5.60. The van der Waals surface area contributed by atoms with E-state index in [1.807, 2.05) is 0 Å². The van der Waals surface area contributed by atoms with Gasteiger partial charge in [-0.25, -0.2) is 4.98 Å². The normalized spacial score (nSPS) is 11.4. The Morgan fingerprint density at radius 1 is 1.25 bits per heavy atom. The second kappa shape index (κ2) is 5.54. The quantitative estimate of drug-likeness (QED) is 0.887. The Bertz CT molecular complexity index is 653. The van der Waals surface area contributed by atoms with Gasteiger partial charge < -0.3 is 9.72 Å². The molecule has 0 saturated carbocycles. The van der Waals surface area contributed by atoms with Crippen molar-refractivity contribution in [2.24, 2.45) is 0 Å². The van der Waals surface area contributed by atoms with Crippen LogP contribution in [0.3, 0.4) is 0 Å².